The van der Waals surface area contributed by atoms with E-state index in [2.05, 4.69) is 11.8 Å². The molecule has 0 amide bonds. The van der Waals surface area contributed by atoms with E-state index in [9.17, 15) is 5.21 Å². The number of fused-ring (bicyclic) bond motifs is 1. The van der Waals surface area contributed by atoms with E-state index < -0.39 is 0 Å². The zero-order valence-electron chi connectivity index (χ0n) is 16.2. The maximum atomic E-state index is 11.5. The number of morpholine rings is 1. The standard InChI is InChI=1S/C20H24N6O2/c1-3-5-16-18-19(24(2)23-16)20(25-10-12-28-13-11-25)22-17(21-18)8-7-15-6-4-9-26(27)14-15/h4,6-9,14H,3,5,10-13H2,1-2H3/b8-7+. The SMILES string of the molecule is CCCc1nn(C)c2c(N3CCOCC3)nc(/C=C/c3ccc[n+]([O-])c3)nc12. The summed E-state index contributed by atoms with van der Waals surface area (Å²) in [5, 5.41) is 16.2. The van der Waals surface area contributed by atoms with Gasteiger partial charge in [0.15, 0.2) is 24.0 Å². The number of hydrogen-bond acceptors (Lipinski definition) is 6. The number of rotatable bonds is 5. The molecule has 8 heteroatoms. The molecule has 146 valence electrons. The van der Waals surface area contributed by atoms with E-state index in [1.165, 1.54) is 12.4 Å². The van der Waals surface area contributed by atoms with Crippen molar-refractivity contribution in [2.24, 2.45) is 7.05 Å². The zero-order valence-corrected chi connectivity index (χ0v) is 16.2. The maximum Gasteiger partial charge on any atom is 0.187 e. The van der Waals surface area contributed by atoms with Gasteiger partial charge in [0.2, 0.25) is 0 Å². The van der Waals surface area contributed by atoms with Crippen LogP contribution >= 0.6 is 0 Å². The Balaban J connectivity index is 1.80. The van der Waals surface area contributed by atoms with E-state index in [1.807, 2.05) is 29.9 Å². The molecule has 3 aromatic rings. The predicted molar refractivity (Wildman–Crippen MR) is 108 cm³/mol. The average Bonchev–Trinajstić information content (AvgIpc) is 3.02. The van der Waals surface area contributed by atoms with Gasteiger partial charge in [-0.1, -0.05) is 13.3 Å². The molecule has 0 spiro atoms. The van der Waals surface area contributed by atoms with Gasteiger partial charge in [0, 0.05) is 31.8 Å². The molecule has 3 aromatic heterocycles. The Kier molecular flexibility index (Phi) is 5.21. The largest absolute Gasteiger partial charge is 0.619 e. The van der Waals surface area contributed by atoms with Crippen LogP contribution in [0.1, 0.15) is 30.4 Å². The van der Waals surface area contributed by atoms with E-state index >= 15 is 0 Å². The van der Waals surface area contributed by atoms with Gasteiger partial charge in [0.05, 0.1) is 18.9 Å². The second-order valence-electron chi connectivity index (χ2n) is 6.85. The summed E-state index contributed by atoms with van der Waals surface area (Å²) in [5.41, 5.74) is 3.64. The summed E-state index contributed by atoms with van der Waals surface area (Å²) in [5.74, 6) is 1.50. The van der Waals surface area contributed by atoms with Gasteiger partial charge in [-0.3, -0.25) is 4.68 Å². The summed E-state index contributed by atoms with van der Waals surface area (Å²) in [6.07, 6.45) is 8.56. The first kappa shape index (κ1) is 18.4. The van der Waals surface area contributed by atoms with E-state index in [4.69, 9.17) is 19.8 Å². The molecule has 28 heavy (non-hydrogen) atoms. The Morgan fingerprint density at radius 1 is 1.25 bits per heavy atom. The average molecular weight is 380 g/mol. The summed E-state index contributed by atoms with van der Waals surface area (Å²) in [4.78, 5) is 11.8. The van der Waals surface area contributed by atoms with E-state index in [1.54, 1.807) is 6.07 Å². The van der Waals surface area contributed by atoms with Crippen molar-refractivity contribution in [2.75, 3.05) is 31.2 Å². The first-order valence-corrected chi connectivity index (χ1v) is 9.59. The van der Waals surface area contributed by atoms with E-state index in [0.29, 0.717) is 19.0 Å². The third-order valence-electron chi connectivity index (χ3n) is 4.77. The quantitative estimate of drug-likeness (QED) is 0.497. The lowest BCUT2D eigenvalue weighted by molar-refractivity contribution is -0.605. The first-order chi connectivity index (χ1) is 13.7. The highest BCUT2D eigenvalue weighted by Crippen LogP contribution is 2.27. The van der Waals surface area contributed by atoms with Crippen molar-refractivity contribution < 1.29 is 9.47 Å². The molecular formula is C20H24N6O2. The van der Waals surface area contributed by atoms with Crippen LogP contribution < -0.4 is 9.63 Å². The minimum absolute atomic E-state index is 0.612. The molecule has 1 aliphatic heterocycles. The third kappa shape index (κ3) is 3.68. The predicted octanol–water partition coefficient (Wildman–Crippen LogP) is 1.96. The summed E-state index contributed by atoms with van der Waals surface area (Å²) in [6, 6.07) is 3.59. The molecule has 1 aliphatic rings. The third-order valence-corrected chi connectivity index (χ3v) is 4.77. The fraction of sp³-hybridized carbons (Fsp3) is 0.400. The van der Waals surface area contributed by atoms with Crippen LogP contribution in [0.2, 0.25) is 0 Å². The minimum atomic E-state index is 0.612. The van der Waals surface area contributed by atoms with Crippen LogP contribution in [0.15, 0.2) is 24.5 Å². The lowest BCUT2D eigenvalue weighted by atomic mass is 10.2. The molecule has 1 saturated heterocycles. The molecule has 0 aliphatic carbocycles. The Hall–Kier alpha value is -3.00. The highest BCUT2D eigenvalue weighted by Gasteiger charge is 2.21. The van der Waals surface area contributed by atoms with Crippen molar-refractivity contribution in [3.63, 3.8) is 0 Å². The molecular weight excluding hydrogens is 356 g/mol. The number of pyridine rings is 1. The van der Waals surface area contributed by atoms with Crippen molar-refractivity contribution in [1.82, 2.24) is 19.7 Å². The fourth-order valence-corrected chi connectivity index (χ4v) is 3.45. The van der Waals surface area contributed by atoms with Crippen LogP contribution in [0, 0.1) is 5.21 Å². The monoisotopic (exact) mass is 380 g/mol. The molecule has 8 nitrogen and oxygen atoms in total. The van der Waals surface area contributed by atoms with Crippen LogP contribution in [0.3, 0.4) is 0 Å². The van der Waals surface area contributed by atoms with Gasteiger partial charge in [-0.25, -0.2) is 9.97 Å². The molecule has 0 unspecified atom stereocenters. The highest BCUT2D eigenvalue weighted by molar-refractivity contribution is 5.89. The second-order valence-corrected chi connectivity index (χ2v) is 6.85. The number of nitrogens with zero attached hydrogens (tertiary/aromatic N) is 6. The van der Waals surface area contributed by atoms with Crippen molar-refractivity contribution in [1.29, 1.82) is 0 Å². The number of anilines is 1. The van der Waals surface area contributed by atoms with Crippen molar-refractivity contribution in [3.05, 3.63) is 46.8 Å². The second kappa shape index (κ2) is 7.93. The zero-order chi connectivity index (χ0) is 19.5. The van der Waals surface area contributed by atoms with Crippen LogP contribution in [-0.2, 0) is 18.2 Å². The van der Waals surface area contributed by atoms with Crippen molar-refractivity contribution in [3.8, 4) is 0 Å². The van der Waals surface area contributed by atoms with Crippen LogP contribution in [-0.4, -0.2) is 46.1 Å². The summed E-state index contributed by atoms with van der Waals surface area (Å²) < 4.78 is 8.17. The molecule has 0 bridgehead atoms. The van der Waals surface area contributed by atoms with Crippen LogP contribution in [0.4, 0.5) is 5.82 Å². The Labute approximate surface area is 163 Å². The molecule has 0 saturated carbocycles. The smallest absolute Gasteiger partial charge is 0.187 e. The fourth-order valence-electron chi connectivity index (χ4n) is 3.45. The summed E-state index contributed by atoms with van der Waals surface area (Å²) in [7, 11) is 1.95. The summed E-state index contributed by atoms with van der Waals surface area (Å²) in [6.45, 7) is 5.09. The van der Waals surface area contributed by atoms with Gasteiger partial charge in [-0.05, 0) is 24.6 Å². The number of ether oxygens (including phenoxy) is 1. The molecule has 0 atom stereocenters. The Morgan fingerprint density at radius 2 is 2.07 bits per heavy atom. The van der Waals surface area contributed by atoms with Gasteiger partial charge in [0.25, 0.3) is 0 Å². The lowest BCUT2D eigenvalue weighted by Crippen LogP contribution is -2.37. The number of hydrogen-bond donors (Lipinski definition) is 0. The maximum absolute atomic E-state index is 11.5. The minimum Gasteiger partial charge on any atom is -0.619 e. The Morgan fingerprint density at radius 3 is 2.82 bits per heavy atom. The van der Waals surface area contributed by atoms with Gasteiger partial charge in [0.1, 0.15) is 11.0 Å². The molecule has 1 fully saturated rings. The van der Waals surface area contributed by atoms with Crippen LogP contribution in [0.5, 0.6) is 0 Å². The molecule has 0 N–H and O–H groups in total. The topological polar surface area (TPSA) is 83.0 Å². The van der Waals surface area contributed by atoms with E-state index in [0.717, 1.165) is 58.8 Å². The molecule has 4 rings (SSSR count). The van der Waals surface area contributed by atoms with Gasteiger partial charge in [-0.15, -0.1) is 0 Å². The van der Waals surface area contributed by atoms with E-state index in [-0.39, 0.29) is 0 Å². The highest BCUT2D eigenvalue weighted by atomic mass is 16.5. The van der Waals surface area contributed by atoms with Gasteiger partial charge in [-0.2, -0.15) is 9.83 Å². The lowest BCUT2D eigenvalue weighted by Gasteiger charge is -2.28. The first-order valence-electron chi connectivity index (χ1n) is 9.59. The Bertz CT molecular complexity index is 1010. The molecule has 4 heterocycles. The number of aryl methyl sites for hydroxylation is 2. The molecule has 0 radical (unpaired) electrons. The van der Waals surface area contributed by atoms with Crippen molar-refractivity contribution in [2.45, 2.75) is 19.8 Å². The van der Waals surface area contributed by atoms with Crippen LogP contribution in [0.25, 0.3) is 23.2 Å². The molecule has 0 aromatic carbocycles. The number of aromatic nitrogens is 5. The normalized spacial score (nSPS) is 15.0. The van der Waals surface area contributed by atoms with Gasteiger partial charge < -0.3 is 14.8 Å². The summed E-state index contributed by atoms with van der Waals surface area (Å²) >= 11 is 0. The van der Waals surface area contributed by atoms with Crippen molar-refractivity contribution >= 4 is 29.0 Å². The van der Waals surface area contributed by atoms with Gasteiger partial charge >= 0.3 is 0 Å².